The Morgan fingerprint density at radius 2 is 2.06 bits per heavy atom. The van der Waals surface area contributed by atoms with E-state index in [0.717, 1.165) is 0 Å². The molecule has 2 aromatic rings. The van der Waals surface area contributed by atoms with Gasteiger partial charge in [-0.05, 0) is 40.2 Å². The first-order chi connectivity index (χ1) is 8.60. The zero-order valence-corrected chi connectivity index (χ0v) is 12.1. The lowest BCUT2D eigenvalue weighted by Crippen LogP contribution is -1.93. The Kier molecular flexibility index (Phi) is 4.43. The summed E-state index contributed by atoms with van der Waals surface area (Å²) in [6.07, 6.45) is 0. The molecule has 2 nitrogen and oxygen atoms in total. The maximum Gasteiger partial charge on any atom is 0.219 e. The Labute approximate surface area is 122 Å². The van der Waals surface area contributed by atoms with Crippen molar-refractivity contribution < 1.29 is 9.13 Å². The summed E-state index contributed by atoms with van der Waals surface area (Å²) in [5.74, 6) is 0.670. The first kappa shape index (κ1) is 13.6. The molecule has 0 atom stereocenters. The van der Waals surface area contributed by atoms with Crippen molar-refractivity contribution in [2.75, 3.05) is 0 Å². The van der Waals surface area contributed by atoms with Gasteiger partial charge in [0.2, 0.25) is 5.88 Å². The van der Waals surface area contributed by atoms with Crippen molar-refractivity contribution in [3.8, 4) is 11.6 Å². The standard InChI is InChI=1S/C12H7BrCl2FNO/c13-8-5-7(1-3-10(8)16)18-12-4-2-9(15)11(6-14)17-12/h1-5H,6H2. The number of aromatic nitrogens is 1. The number of ether oxygens (including phenoxy) is 1. The van der Waals surface area contributed by atoms with E-state index >= 15 is 0 Å². The van der Waals surface area contributed by atoms with Crippen LogP contribution in [0.1, 0.15) is 5.69 Å². The first-order valence-corrected chi connectivity index (χ1v) is 6.65. The smallest absolute Gasteiger partial charge is 0.219 e. The number of hydrogen-bond acceptors (Lipinski definition) is 2. The van der Waals surface area contributed by atoms with Gasteiger partial charge in [-0.2, -0.15) is 0 Å². The summed E-state index contributed by atoms with van der Waals surface area (Å²) in [5.41, 5.74) is 0.539. The molecular formula is C12H7BrCl2FNO. The second kappa shape index (κ2) is 5.87. The van der Waals surface area contributed by atoms with E-state index in [1.807, 2.05) is 0 Å². The number of pyridine rings is 1. The van der Waals surface area contributed by atoms with Gasteiger partial charge < -0.3 is 4.74 Å². The third-order valence-electron chi connectivity index (χ3n) is 2.13. The minimum Gasteiger partial charge on any atom is -0.439 e. The largest absolute Gasteiger partial charge is 0.439 e. The normalized spacial score (nSPS) is 10.4. The van der Waals surface area contributed by atoms with E-state index in [-0.39, 0.29) is 11.7 Å². The van der Waals surface area contributed by atoms with Gasteiger partial charge in [-0.1, -0.05) is 11.6 Å². The van der Waals surface area contributed by atoms with Crippen molar-refractivity contribution in [1.29, 1.82) is 0 Å². The van der Waals surface area contributed by atoms with E-state index in [9.17, 15) is 4.39 Å². The van der Waals surface area contributed by atoms with Crippen LogP contribution in [0, 0.1) is 5.82 Å². The lowest BCUT2D eigenvalue weighted by atomic mass is 10.3. The van der Waals surface area contributed by atoms with Crippen LogP contribution in [-0.4, -0.2) is 4.98 Å². The van der Waals surface area contributed by atoms with Crippen LogP contribution in [0.5, 0.6) is 11.6 Å². The van der Waals surface area contributed by atoms with Crippen LogP contribution in [0.3, 0.4) is 0 Å². The summed E-state index contributed by atoms with van der Waals surface area (Å²) in [5, 5.41) is 0.484. The molecule has 0 spiro atoms. The number of hydrogen-bond donors (Lipinski definition) is 0. The van der Waals surface area contributed by atoms with Crippen LogP contribution in [0.2, 0.25) is 5.02 Å². The Hall–Kier alpha value is -0.840. The molecule has 0 unspecified atom stereocenters. The van der Waals surface area contributed by atoms with E-state index in [0.29, 0.717) is 26.8 Å². The Morgan fingerprint density at radius 3 is 2.72 bits per heavy atom. The zero-order chi connectivity index (χ0) is 13.1. The lowest BCUT2D eigenvalue weighted by molar-refractivity contribution is 0.459. The third kappa shape index (κ3) is 3.13. The summed E-state index contributed by atoms with van der Waals surface area (Å²) >= 11 is 14.7. The molecule has 6 heteroatoms. The first-order valence-electron chi connectivity index (χ1n) is 4.94. The van der Waals surface area contributed by atoms with Gasteiger partial charge in [0, 0.05) is 6.07 Å². The molecule has 94 valence electrons. The number of rotatable bonds is 3. The molecule has 0 aliphatic carbocycles. The van der Waals surface area contributed by atoms with Crippen LogP contribution in [0.4, 0.5) is 4.39 Å². The molecule has 2 rings (SSSR count). The third-order valence-corrected chi connectivity index (χ3v) is 3.34. The molecular weight excluding hydrogens is 344 g/mol. The van der Waals surface area contributed by atoms with Crippen LogP contribution >= 0.6 is 39.1 Å². The van der Waals surface area contributed by atoms with Crippen molar-refractivity contribution >= 4 is 39.1 Å². The predicted molar refractivity (Wildman–Crippen MR) is 73.0 cm³/mol. The SMILES string of the molecule is Fc1ccc(Oc2ccc(Cl)c(CCl)n2)cc1Br. The van der Waals surface area contributed by atoms with Crippen molar-refractivity contribution in [2.24, 2.45) is 0 Å². The fourth-order valence-corrected chi connectivity index (χ4v) is 2.08. The molecule has 0 aliphatic heterocycles. The van der Waals surface area contributed by atoms with Gasteiger partial charge in [0.25, 0.3) is 0 Å². The van der Waals surface area contributed by atoms with E-state index < -0.39 is 0 Å². The van der Waals surface area contributed by atoms with Gasteiger partial charge in [-0.3, -0.25) is 0 Å². The van der Waals surface area contributed by atoms with Crippen LogP contribution in [-0.2, 0) is 5.88 Å². The molecule has 0 aliphatic rings. The van der Waals surface area contributed by atoms with Gasteiger partial charge in [-0.15, -0.1) is 11.6 Å². The van der Waals surface area contributed by atoms with Crippen LogP contribution in [0.15, 0.2) is 34.8 Å². The van der Waals surface area contributed by atoms with Gasteiger partial charge in [-0.25, -0.2) is 9.37 Å². The summed E-state index contributed by atoms with van der Waals surface area (Å²) in [6.45, 7) is 0. The molecule has 1 heterocycles. The maximum absolute atomic E-state index is 13.1. The van der Waals surface area contributed by atoms with Crippen molar-refractivity contribution in [1.82, 2.24) is 4.98 Å². The molecule has 0 bridgehead atoms. The van der Waals surface area contributed by atoms with E-state index in [2.05, 4.69) is 20.9 Å². The van der Waals surface area contributed by atoms with Gasteiger partial charge in [0.15, 0.2) is 0 Å². The average molecular weight is 351 g/mol. The van der Waals surface area contributed by atoms with E-state index in [1.54, 1.807) is 12.1 Å². The van der Waals surface area contributed by atoms with Crippen molar-refractivity contribution in [3.63, 3.8) is 0 Å². The van der Waals surface area contributed by atoms with Crippen molar-refractivity contribution in [3.05, 3.63) is 51.3 Å². The molecule has 0 saturated carbocycles. The second-order valence-electron chi connectivity index (χ2n) is 3.39. The maximum atomic E-state index is 13.1. The molecule has 1 aromatic carbocycles. The number of benzene rings is 1. The average Bonchev–Trinajstić information content (AvgIpc) is 2.36. The van der Waals surface area contributed by atoms with Crippen LogP contribution in [0.25, 0.3) is 0 Å². The van der Waals surface area contributed by atoms with E-state index in [1.165, 1.54) is 18.2 Å². The Morgan fingerprint density at radius 1 is 1.28 bits per heavy atom. The van der Waals surface area contributed by atoms with Gasteiger partial charge in [0.1, 0.15) is 11.6 Å². The minimum atomic E-state index is -0.354. The highest BCUT2D eigenvalue weighted by Gasteiger charge is 2.06. The lowest BCUT2D eigenvalue weighted by Gasteiger charge is -2.07. The fourth-order valence-electron chi connectivity index (χ4n) is 1.28. The highest BCUT2D eigenvalue weighted by molar-refractivity contribution is 9.10. The molecule has 0 amide bonds. The summed E-state index contributed by atoms with van der Waals surface area (Å²) in [6, 6.07) is 7.61. The van der Waals surface area contributed by atoms with Crippen molar-refractivity contribution in [2.45, 2.75) is 5.88 Å². The number of nitrogens with zero attached hydrogens (tertiary/aromatic N) is 1. The summed E-state index contributed by atoms with van der Waals surface area (Å²) in [7, 11) is 0. The van der Waals surface area contributed by atoms with Gasteiger partial charge in [0.05, 0.1) is 21.1 Å². The second-order valence-corrected chi connectivity index (χ2v) is 4.92. The van der Waals surface area contributed by atoms with Crippen LogP contribution < -0.4 is 4.74 Å². The molecule has 0 radical (unpaired) electrons. The zero-order valence-electron chi connectivity index (χ0n) is 8.96. The highest BCUT2D eigenvalue weighted by Crippen LogP contribution is 2.27. The molecule has 1 aromatic heterocycles. The molecule has 0 saturated heterocycles. The minimum absolute atomic E-state index is 0.198. The highest BCUT2D eigenvalue weighted by atomic mass is 79.9. The monoisotopic (exact) mass is 349 g/mol. The summed E-state index contributed by atoms with van der Waals surface area (Å²) in [4.78, 5) is 4.14. The molecule has 0 N–H and O–H groups in total. The fraction of sp³-hybridized carbons (Fsp3) is 0.0833. The summed E-state index contributed by atoms with van der Waals surface area (Å²) < 4.78 is 18.9. The Bertz CT molecular complexity index is 580. The van der Waals surface area contributed by atoms with Gasteiger partial charge >= 0.3 is 0 Å². The number of halogens is 4. The molecule has 0 fully saturated rings. The topological polar surface area (TPSA) is 22.1 Å². The Balaban J connectivity index is 2.25. The molecule has 18 heavy (non-hydrogen) atoms. The van der Waals surface area contributed by atoms with E-state index in [4.69, 9.17) is 27.9 Å². The predicted octanol–water partition coefficient (Wildman–Crippen LogP) is 5.17. The quantitative estimate of drug-likeness (QED) is 0.712. The number of alkyl halides is 1.